The number of para-hydroxylation sites is 4. The Hall–Kier alpha value is -3.61. The fourth-order valence-electron chi connectivity index (χ4n) is 3.47. The molecule has 0 bridgehead atoms. The number of anilines is 1. The second-order valence-electron chi connectivity index (χ2n) is 7.00. The summed E-state index contributed by atoms with van der Waals surface area (Å²) in [6, 6.07) is 16.8. The molecule has 0 spiro atoms. The lowest BCUT2D eigenvalue weighted by atomic mass is 10.2. The summed E-state index contributed by atoms with van der Waals surface area (Å²) in [5.74, 6) is -0.513. The van der Waals surface area contributed by atoms with Gasteiger partial charge < -0.3 is 9.73 Å². The summed E-state index contributed by atoms with van der Waals surface area (Å²) in [4.78, 5) is 24.5. The van der Waals surface area contributed by atoms with E-state index in [-0.39, 0.29) is 12.3 Å². The number of nitrogens with one attached hydrogen (secondary N) is 1. The molecule has 0 aliphatic heterocycles. The number of fused-ring (bicyclic) bond motifs is 1. The Kier molecular flexibility index (Phi) is 5.03. The normalized spacial score (nSPS) is 11.1. The summed E-state index contributed by atoms with van der Waals surface area (Å²) in [5, 5.41) is 7.47. The van der Waals surface area contributed by atoms with Crippen LogP contribution in [-0.4, -0.2) is 20.3 Å². The maximum Gasteiger partial charge on any atom is 0.419 e. The minimum Gasteiger partial charge on any atom is -0.408 e. The average Bonchev–Trinajstić information content (AvgIpc) is 3.20. The van der Waals surface area contributed by atoms with Gasteiger partial charge in [-0.2, -0.15) is 5.10 Å². The van der Waals surface area contributed by atoms with E-state index in [1.54, 1.807) is 10.6 Å². The van der Waals surface area contributed by atoms with Crippen LogP contribution in [-0.2, 0) is 11.3 Å². The Morgan fingerprint density at radius 3 is 2.66 bits per heavy atom. The van der Waals surface area contributed by atoms with E-state index in [2.05, 4.69) is 10.4 Å². The van der Waals surface area contributed by atoms with Crippen LogP contribution >= 0.6 is 0 Å². The number of nitrogens with zero attached hydrogens (tertiary/aromatic N) is 3. The van der Waals surface area contributed by atoms with Crippen LogP contribution in [0.15, 0.2) is 63.8 Å². The van der Waals surface area contributed by atoms with Gasteiger partial charge in [-0.3, -0.25) is 9.36 Å². The van der Waals surface area contributed by atoms with Crippen LogP contribution in [0.1, 0.15) is 24.2 Å². The Balaban J connectivity index is 1.44. The number of hydrogen-bond donors (Lipinski definition) is 1. The van der Waals surface area contributed by atoms with E-state index < -0.39 is 5.76 Å². The average molecular weight is 390 g/mol. The molecular weight excluding hydrogens is 368 g/mol. The van der Waals surface area contributed by atoms with Crippen molar-refractivity contribution in [3.05, 3.63) is 76.5 Å². The molecule has 7 heteroatoms. The zero-order valence-electron chi connectivity index (χ0n) is 16.4. The van der Waals surface area contributed by atoms with Crippen molar-refractivity contribution in [1.82, 2.24) is 14.3 Å². The summed E-state index contributed by atoms with van der Waals surface area (Å²) < 4.78 is 8.61. The minimum atomic E-state index is -0.401. The zero-order chi connectivity index (χ0) is 20.4. The first-order valence-corrected chi connectivity index (χ1v) is 9.54. The molecule has 29 heavy (non-hydrogen) atoms. The second kappa shape index (κ2) is 7.79. The van der Waals surface area contributed by atoms with Crippen LogP contribution in [0.3, 0.4) is 0 Å². The highest BCUT2D eigenvalue weighted by Crippen LogP contribution is 2.22. The van der Waals surface area contributed by atoms with E-state index in [9.17, 15) is 9.59 Å². The molecule has 2 aromatic heterocycles. The van der Waals surface area contributed by atoms with Crippen molar-refractivity contribution in [3.63, 3.8) is 0 Å². The Labute approximate surface area is 167 Å². The highest BCUT2D eigenvalue weighted by Gasteiger charge is 2.12. The number of carbonyl (C=O) groups excluding carboxylic acids is 1. The van der Waals surface area contributed by atoms with Gasteiger partial charge >= 0.3 is 5.76 Å². The number of hydrogen-bond acceptors (Lipinski definition) is 4. The van der Waals surface area contributed by atoms with E-state index in [4.69, 9.17) is 4.42 Å². The van der Waals surface area contributed by atoms with Gasteiger partial charge in [-0.1, -0.05) is 24.3 Å². The SMILES string of the molecule is Cc1cc(C)n(-c2ccccc2NC(=O)CCCn2c(=O)oc3ccccc32)n1. The van der Waals surface area contributed by atoms with Gasteiger partial charge in [0.15, 0.2) is 5.58 Å². The minimum absolute atomic E-state index is 0.111. The third kappa shape index (κ3) is 3.85. The maximum absolute atomic E-state index is 12.5. The number of rotatable bonds is 6. The van der Waals surface area contributed by atoms with E-state index in [1.165, 1.54) is 0 Å². The Morgan fingerprint density at radius 2 is 1.86 bits per heavy atom. The van der Waals surface area contributed by atoms with Gasteiger partial charge in [0.25, 0.3) is 0 Å². The van der Waals surface area contributed by atoms with Gasteiger partial charge in [0.05, 0.1) is 22.6 Å². The topological polar surface area (TPSA) is 82.1 Å². The summed E-state index contributed by atoms with van der Waals surface area (Å²) in [5.41, 5.74) is 4.74. The molecule has 148 valence electrons. The molecule has 4 rings (SSSR count). The molecule has 0 unspecified atom stereocenters. The molecule has 1 N–H and O–H groups in total. The van der Waals surface area contributed by atoms with Crippen LogP contribution in [0.25, 0.3) is 16.8 Å². The third-order valence-electron chi connectivity index (χ3n) is 4.78. The lowest BCUT2D eigenvalue weighted by Gasteiger charge is -2.12. The molecule has 0 fully saturated rings. The largest absolute Gasteiger partial charge is 0.419 e. The summed E-state index contributed by atoms with van der Waals surface area (Å²) in [6.45, 7) is 4.33. The predicted octanol–water partition coefficient (Wildman–Crippen LogP) is 3.82. The van der Waals surface area contributed by atoms with E-state index in [1.807, 2.05) is 67.1 Å². The third-order valence-corrected chi connectivity index (χ3v) is 4.78. The fourth-order valence-corrected chi connectivity index (χ4v) is 3.47. The number of oxazole rings is 1. The van der Waals surface area contributed by atoms with Crippen molar-refractivity contribution in [2.75, 3.05) is 5.32 Å². The molecule has 4 aromatic rings. The number of aromatic nitrogens is 3. The first-order chi connectivity index (χ1) is 14.0. The van der Waals surface area contributed by atoms with Gasteiger partial charge in [0.1, 0.15) is 0 Å². The lowest BCUT2D eigenvalue weighted by molar-refractivity contribution is -0.116. The highest BCUT2D eigenvalue weighted by atomic mass is 16.4. The second-order valence-corrected chi connectivity index (χ2v) is 7.00. The van der Waals surface area contributed by atoms with E-state index in [0.717, 1.165) is 22.6 Å². The van der Waals surface area contributed by atoms with Crippen LogP contribution in [0.5, 0.6) is 0 Å². The van der Waals surface area contributed by atoms with Gasteiger partial charge in [-0.05, 0) is 50.6 Å². The van der Waals surface area contributed by atoms with Crippen LogP contribution in [0.2, 0.25) is 0 Å². The monoisotopic (exact) mass is 390 g/mol. The van der Waals surface area contributed by atoms with Gasteiger partial charge in [-0.25, -0.2) is 9.48 Å². The first kappa shape index (κ1) is 18.7. The molecule has 0 saturated heterocycles. The van der Waals surface area contributed by atoms with E-state index in [0.29, 0.717) is 24.2 Å². The molecule has 0 saturated carbocycles. The lowest BCUT2D eigenvalue weighted by Crippen LogP contribution is -2.17. The smallest absolute Gasteiger partial charge is 0.408 e. The molecule has 0 radical (unpaired) electrons. The van der Waals surface area contributed by atoms with Crippen molar-refractivity contribution in [2.45, 2.75) is 33.2 Å². The van der Waals surface area contributed by atoms with Gasteiger partial charge in [0, 0.05) is 18.7 Å². The first-order valence-electron chi connectivity index (χ1n) is 9.54. The van der Waals surface area contributed by atoms with Crippen molar-refractivity contribution in [1.29, 1.82) is 0 Å². The number of amides is 1. The number of benzene rings is 2. The maximum atomic E-state index is 12.5. The van der Waals surface area contributed by atoms with Crippen molar-refractivity contribution in [3.8, 4) is 5.69 Å². The zero-order valence-corrected chi connectivity index (χ0v) is 16.4. The molecule has 0 aliphatic carbocycles. The summed E-state index contributed by atoms with van der Waals surface area (Å²) in [7, 11) is 0. The molecule has 1 amide bonds. The highest BCUT2D eigenvalue weighted by molar-refractivity contribution is 5.92. The quantitative estimate of drug-likeness (QED) is 0.543. The Bertz CT molecular complexity index is 1230. The molecule has 0 aliphatic rings. The van der Waals surface area contributed by atoms with Crippen molar-refractivity contribution in [2.24, 2.45) is 0 Å². The van der Waals surface area contributed by atoms with E-state index >= 15 is 0 Å². The molecule has 7 nitrogen and oxygen atoms in total. The Morgan fingerprint density at radius 1 is 1.10 bits per heavy atom. The van der Waals surface area contributed by atoms with Gasteiger partial charge in [-0.15, -0.1) is 0 Å². The molecule has 0 atom stereocenters. The van der Waals surface area contributed by atoms with Crippen LogP contribution < -0.4 is 11.1 Å². The molecule has 2 aromatic carbocycles. The molecule has 2 heterocycles. The summed E-state index contributed by atoms with van der Waals surface area (Å²) in [6.07, 6.45) is 0.814. The van der Waals surface area contributed by atoms with Crippen molar-refractivity contribution < 1.29 is 9.21 Å². The van der Waals surface area contributed by atoms with Crippen molar-refractivity contribution >= 4 is 22.7 Å². The standard InChI is InChI=1S/C22H22N4O3/c1-15-14-16(2)26(24-15)18-9-4-3-8-17(18)23-21(27)12-7-13-25-19-10-5-6-11-20(19)29-22(25)28/h3-6,8-11,14H,7,12-13H2,1-2H3,(H,23,27). The fraction of sp³-hybridized carbons (Fsp3) is 0.227. The van der Waals surface area contributed by atoms with Gasteiger partial charge in [0.2, 0.25) is 5.91 Å². The number of aryl methyl sites for hydroxylation is 3. The van der Waals surface area contributed by atoms with Crippen LogP contribution in [0, 0.1) is 13.8 Å². The predicted molar refractivity (Wildman–Crippen MR) is 111 cm³/mol. The summed E-state index contributed by atoms with van der Waals surface area (Å²) >= 11 is 0. The van der Waals surface area contributed by atoms with Crippen LogP contribution in [0.4, 0.5) is 5.69 Å². The molecular formula is C22H22N4O3. The number of carbonyl (C=O) groups is 1.